The third-order valence-corrected chi connectivity index (χ3v) is 4.02. The van der Waals surface area contributed by atoms with Crippen molar-refractivity contribution in [3.8, 4) is 5.75 Å². The largest absolute Gasteiger partial charge is 0.492 e. The second-order valence-electron chi connectivity index (χ2n) is 5.58. The van der Waals surface area contributed by atoms with Crippen molar-refractivity contribution in [2.24, 2.45) is 0 Å². The summed E-state index contributed by atoms with van der Waals surface area (Å²) in [4.78, 5) is 2.38. The molecule has 0 aromatic heterocycles. The van der Waals surface area contributed by atoms with Crippen molar-refractivity contribution in [1.29, 1.82) is 0 Å². The quantitative estimate of drug-likeness (QED) is 0.903. The van der Waals surface area contributed by atoms with E-state index < -0.39 is 0 Å². The Balaban J connectivity index is 1.59. The van der Waals surface area contributed by atoms with Gasteiger partial charge in [-0.2, -0.15) is 0 Å². The van der Waals surface area contributed by atoms with E-state index >= 15 is 0 Å². The Hall–Kier alpha value is -1.14. The van der Waals surface area contributed by atoms with Crippen LogP contribution in [0.3, 0.4) is 0 Å². The summed E-state index contributed by atoms with van der Waals surface area (Å²) < 4.78 is 16.9. The Morgan fingerprint density at radius 3 is 3.00 bits per heavy atom. The van der Waals surface area contributed by atoms with E-state index in [0.29, 0.717) is 26.4 Å². The van der Waals surface area contributed by atoms with Crippen molar-refractivity contribution in [1.82, 2.24) is 4.90 Å². The van der Waals surface area contributed by atoms with Gasteiger partial charge in [0.25, 0.3) is 0 Å². The normalized spacial score (nSPS) is 23.2. The molecule has 1 N–H and O–H groups in total. The standard InChI is InChI=1S/C16H23NO4/c18-11-13-1-2-16-14(9-13)10-17(5-6-21-16)4-3-15-12-19-7-8-20-15/h1-2,9,15,18H,3-8,10-12H2. The number of hydrogen-bond acceptors (Lipinski definition) is 5. The molecule has 2 aliphatic heterocycles. The zero-order valence-corrected chi connectivity index (χ0v) is 12.3. The highest BCUT2D eigenvalue weighted by molar-refractivity contribution is 5.37. The molecule has 2 heterocycles. The molecule has 0 amide bonds. The minimum Gasteiger partial charge on any atom is -0.492 e. The Bertz CT molecular complexity index is 460. The second kappa shape index (κ2) is 7.22. The first kappa shape index (κ1) is 14.8. The van der Waals surface area contributed by atoms with Gasteiger partial charge in [0.1, 0.15) is 12.4 Å². The molecule has 0 saturated carbocycles. The van der Waals surface area contributed by atoms with Crippen molar-refractivity contribution in [3.63, 3.8) is 0 Å². The number of aliphatic hydroxyl groups is 1. The van der Waals surface area contributed by atoms with Crippen LogP contribution in [-0.4, -0.2) is 55.6 Å². The van der Waals surface area contributed by atoms with E-state index in [1.807, 2.05) is 18.2 Å². The maximum Gasteiger partial charge on any atom is 0.123 e. The number of ether oxygens (including phenoxy) is 3. The predicted molar refractivity (Wildman–Crippen MR) is 78.3 cm³/mol. The average Bonchev–Trinajstić information content (AvgIpc) is 2.75. The van der Waals surface area contributed by atoms with Gasteiger partial charge in [-0.15, -0.1) is 0 Å². The number of rotatable bonds is 4. The maximum atomic E-state index is 9.26. The maximum absolute atomic E-state index is 9.26. The Labute approximate surface area is 125 Å². The number of fused-ring (bicyclic) bond motifs is 1. The summed E-state index contributed by atoms with van der Waals surface area (Å²) in [5.74, 6) is 0.937. The molecule has 1 aromatic carbocycles. The SMILES string of the molecule is OCc1ccc2c(c1)CN(CCC1COCCO1)CCO2. The predicted octanol–water partition coefficient (Wildman–Crippen LogP) is 1.18. The van der Waals surface area contributed by atoms with Gasteiger partial charge in [0.15, 0.2) is 0 Å². The van der Waals surface area contributed by atoms with Crippen LogP contribution in [0.2, 0.25) is 0 Å². The lowest BCUT2D eigenvalue weighted by molar-refractivity contribution is -0.0928. The topological polar surface area (TPSA) is 51.2 Å². The van der Waals surface area contributed by atoms with Crippen LogP contribution in [0.4, 0.5) is 0 Å². The molecule has 5 nitrogen and oxygen atoms in total. The van der Waals surface area contributed by atoms with Crippen molar-refractivity contribution in [2.75, 3.05) is 39.5 Å². The molecule has 116 valence electrons. The van der Waals surface area contributed by atoms with Crippen LogP contribution in [0.25, 0.3) is 0 Å². The molecule has 1 fully saturated rings. The van der Waals surface area contributed by atoms with E-state index in [0.717, 1.165) is 42.9 Å². The summed E-state index contributed by atoms with van der Waals surface area (Å²) >= 11 is 0. The molecule has 21 heavy (non-hydrogen) atoms. The molecule has 0 radical (unpaired) electrons. The molecular formula is C16H23NO4. The smallest absolute Gasteiger partial charge is 0.123 e. The summed E-state index contributed by atoms with van der Waals surface area (Å²) in [5.41, 5.74) is 2.09. The number of benzene rings is 1. The van der Waals surface area contributed by atoms with Crippen molar-refractivity contribution in [3.05, 3.63) is 29.3 Å². The van der Waals surface area contributed by atoms with Gasteiger partial charge >= 0.3 is 0 Å². The van der Waals surface area contributed by atoms with E-state index in [1.165, 1.54) is 0 Å². The highest BCUT2D eigenvalue weighted by Gasteiger charge is 2.19. The first-order valence-electron chi connectivity index (χ1n) is 7.62. The summed E-state index contributed by atoms with van der Waals surface area (Å²) in [7, 11) is 0. The fourth-order valence-electron chi connectivity index (χ4n) is 2.82. The Morgan fingerprint density at radius 1 is 1.24 bits per heavy atom. The zero-order valence-electron chi connectivity index (χ0n) is 12.3. The van der Waals surface area contributed by atoms with E-state index in [1.54, 1.807) is 0 Å². The van der Waals surface area contributed by atoms with Gasteiger partial charge in [-0.1, -0.05) is 6.07 Å². The summed E-state index contributed by atoms with van der Waals surface area (Å²) in [6.07, 6.45) is 1.20. The average molecular weight is 293 g/mol. The lowest BCUT2D eigenvalue weighted by Gasteiger charge is -2.26. The summed E-state index contributed by atoms with van der Waals surface area (Å²) in [6, 6.07) is 5.91. The highest BCUT2D eigenvalue weighted by atomic mass is 16.6. The molecule has 1 saturated heterocycles. The Kier molecular flexibility index (Phi) is 5.08. The molecule has 0 aliphatic carbocycles. The molecule has 1 atom stereocenters. The number of hydrogen-bond donors (Lipinski definition) is 1. The van der Waals surface area contributed by atoms with Crippen LogP contribution in [0.1, 0.15) is 17.5 Å². The van der Waals surface area contributed by atoms with Gasteiger partial charge < -0.3 is 19.3 Å². The molecule has 2 aliphatic rings. The minimum atomic E-state index is 0.0700. The molecule has 1 aromatic rings. The third kappa shape index (κ3) is 3.95. The van der Waals surface area contributed by atoms with Gasteiger partial charge in [-0.25, -0.2) is 0 Å². The Morgan fingerprint density at radius 2 is 2.19 bits per heavy atom. The van der Waals surface area contributed by atoms with Crippen molar-refractivity contribution in [2.45, 2.75) is 25.7 Å². The van der Waals surface area contributed by atoms with Crippen LogP contribution in [0.5, 0.6) is 5.75 Å². The monoisotopic (exact) mass is 293 g/mol. The fraction of sp³-hybridized carbons (Fsp3) is 0.625. The van der Waals surface area contributed by atoms with E-state index in [-0.39, 0.29) is 12.7 Å². The second-order valence-corrected chi connectivity index (χ2v) is 5.58. The lowest BCUT2D eigenvalue weighted by atomic mass is 10.1. The number of aliphatic hydroxyl groups excluding tert-OH is 1. The van der Waals surface area contributed by atoms with Gasteiger partial charge in [-0.05, 0) is 24.1 Å². The zero-order chi connectivity index (χ0) is 14.5. The van der Waals surface area contributed by atoms with Gasteiger partial charge in [0, 0.05) is 25.2 Å². The first-order chi connectivity index (χ1) is 10.3. The molecule has 0 spiro atoms. The van der Waals surface area contributed by atoms with E-state index in [4.69, 9.17) is 14.2 Å². The van der Waals surface area contributed by atoms with Crippen LogP contribution in [0, 0.1) is 0 Å². The number of nitrogens with zero attached hydrogens (tertiary/aromatic N) is 1. The molecule has 5 heteroatoms. The van der Waals surface area contributed by atoms with Crippen molar-refractivity contribution >= 4 is 0 Å². The first-order valence-corrected chi connectivity index (χ1v) is 7.62. The fourth-order valence-corrected chi connectivity index (χ4v) is 2.82. The van der Waals surface area contributed by atoms with Gasteiger partial charge in [0.2, 0.25) is 0 Å². The molecule has 0 bridgehead atoms. The highest BCUT2D eigenvalue weighted by Crippen LogP contribution is 2.24. The van der Waals surface area contributed by atoms with E-state index in [9.17, 15) is 5.11 Å². The van der Waals surface area contributed by atoms with Crippen LogP contribution in [0.15, 0.2) is 18.2 Å². The molecule has 3 rings (SSSR count). The minimum absolute atomic E-state index is 0.0700. The summed E-state index contributed by atoms with van der Waals surface area (Å²) in [6.45, 7) is 5.64. The lowest BCUT2D eigenvalue weighted by Crippen LogP contribution is -2.34. The molecule has 1 unspecified atom stereocenters. The summed E-state index contributed by atoms with van der Waals surface area (Å²) in [5, 5.41) is 9.26. The van der Waals surface area contributed by atoms with Crippen LogP contribution < -0.4 is 4.74 Å². The third-order valence-electron chi connectivity index (χ3n) is 4.02. The van der Waals surface area contributed by atoms with Gasteiger partial charge in [-0.3, -0.25) is 4.90 Å². The van der Waals surface area contributed by atoms with Crippen molar-refractivity contribution < 1.29 is 19.3 Å². The van der Waals surface area contributed by atoms with Gasteiger partial charge in [0.05, 0.1) is 32.5 Å². The molecular weight excluding hydrogens is 270 g/mol. The van der Waals surface area contributed by atoms with E-state index in [2.05, 4.69) is 4.90 Å². The van der Waals surface area contributed by atoms with Crippen LogP contribution in [-0.2, 0) is 22.6 Å². The van der Waals surface area contributed by atoms with Crippen LogP contribution >= 0.6 is 0 Å².